The van der Waals surface area contributed by atoms with Crippen molar-refractivity contribution in [2.24, 2.45) is 5.41 Å². The molecule has 0 radical (unpaired) electrons. The summed E-state index contributed by atoms with van der Waals surface area (Å²) >= 11 is 3.46. The van der Waals surface area contributed by atoms with Gasteiger partial charge in [0.2, 0.25) is 0 Å². The maximum Gasteiger partial charge on any atom is 0.0611 e. The van der Waals surface area contributed by atoms with Crippen molar-refractivity contribution in [1.29, 1.82) is 0 Å². The fourth-order valence-electron chi connectivity index (χ4n) is 1.95. The summed E-state index contributed by atoms with van der Waals surface area (Å²) in [7, 11) is 0. The Hall–Kier alpha value is -0.700. The maximum atomic E-state index is 5.93. The van der Waals surface area contributed by atoms with E-state index < -0.39 is 0 Å². The lowest BCUT2D eigenvalue weighted by Gasteiger charge is -2.47. The van der Waals surface area contributed by atoms with Gasteiger partial charge in [0.15, 0.2) is 0 Å². The van der Waals surface area contributed by atoms with E-state index in [0.717, 1.165) is 28.9 Å². The highest BCUT2D eigenvalue weighted by molar-refractivity contribution is 9.10. The van der Waals surface area contributed by atoms with Gasteiger partial charge < -0.3 is 10.6 Å². The van der Waals surface area contributed by atoms with E-state index in [1.54, 1.807) is 0 Å². The van der Waals surface area contributed by atoms with Crippen molar-refractivity contribution in [3.05, 3.63) is 22.7 Å². The quantitative estimate of drug-likeness (QED) is 0.782. The van der Waals surface area contributed by atoms with Crippen LogP contribution in [-0.4, -0.2) is 13.1 Å². The SMILES string of the molecule is CC1(C)CN(c2cc(Br)ccc2N)C1. The molecule has 2 N–H and O–H groups in total. The Morgan fingerprint density at radius 2 is 2.00 bits per heavy atom. The minimum Gasteiger partial charge on any atom is -0.397 e. The standard InChI is InChI=1S/C11H15BrN2/c1-11(2)6-14(7-11)10-5-8(12)3-4-9(10)13/h3-5H,6-7,13H2,1-2H3. The minimum absolute atomic E-state index is 0.439. The van der Waals surface area contributed by atoms with E-state index in [1.807, 2.05) is 12.1 Å². The average Bonchev–Trinajstić information content (AvgIpc) is 2.05. The van der Waals surface area contributed by atoms with Gasteiger partial charge in [-0.2, -0.15) is 0 Å². The van der Waals surface area contributed by atoms with Gasteiger partial charge >= 0.3 is 0 Å². The number of nitrogen functional groups attached to an aromatic ring is 1. The van der Waals surface area contributed by atoms with Crippen molar-refractivity contribution in [3.8, 4) is 0 Å². The van der Waals surface area contributed by atoms with Gasteiger partial charge in [0, 0.05) is 17.6 Å². The second kappa shape index (κ2) is 3.16. The average molecular weight is 255 g/mol. The molecule has 1 aromatic carbocycles. The second-order valence-electron chi connectivity index (χ2n) is 4.72. The molecule has 1 aromatic rings. The van der Waals surface area contributed by atoms with Crippen LogP contribution >= 0.6 is 15.9 Å². The maximum absolute atomic E-state index is 5.93. The molecule has 76 valence electrons. The van der Waals surface area contributed by atoms with E-state index in [1.165, 1.54) is 0 Å². The van der Waals surface area contributed by atoms with Crippen LogP contribution in [0.1, 0.15) is 13.8 Å². The number of nitrogens with zero attached hydrogens (tertiary/aromatic N) is 1. The molecule has 14 heavy (non-hydrogen) atoms. The van der Waals surface area contributed by atoms with Crippen LogP contribution in [0.4, 0.5) is 11.4 Å². The van der Waals surface area contributed by atoms with Crippen LogP contribution in [0, 0.1) is 5.41 Å². The van der Waals surface area contributed by atoms with E-state index in [2.05, 4.69) is 40.7 Å². The van der Waals surface area contributed by atoms with Crippen LogP contribution in [0.2, 0.25) is 0 Å². The van der Waals surface area contributed by atoms with Crippen molar-refractivity contribution in [2.75, 3.05) is 23.7 Å². The van der Waals surface area contributed by atoms with Gasteiger partial charge in [-0.25, -0.2) is 0 Å². The van der Waals surface area contributed by atoms with Crippen LogP contribution in [0.15, 0.2) is 22.7 Å². The Balaban J connectivity index is 2.22. The molecule has 2 nitrogen and oxygen atoms in total. The van der Waals surface area contributed by atoms with Gasteiger partial charge in [-0.1, -0.05) is 29.8 Å². The summed E-state index contributed by atoms with van der Waals surface area (Å²) in [5, 5.41) is 0. The van der Waals surface area contributed by atoms with Crippen LogP contribution < -0.4 is 10.6 Å². The van der Waals surface area contributed by atoms with Gasteiger partial charge in [-0.05, 0) is 23.6 Å². The molecule has 0 aliphatic carbocycles. The Bertz CT molecular complexity index is 352. The van der Waals surface area contributed by atoms with Crippen molar-refractivity contribution >= 4 is 27.3 Å². The predicted molar refractivity (Wildman–Crippen MR) is 64.5 cm³/mol. The molecule has 3 heteroatoms. The number of anilines is 2. The first-order valence-electron chi connectivity index (χ1n) is 4.78. The summed E-state index contributed by atoms with van der Waals surface area (Å²) < 4.78 is 1.09. The van der Waals surface area contributed by atoms with Crippen molar-refractivity contribution in [3.63, 3.8) is 0 Å². The molecule has 0 bridgehead atoms. The highest BCUT2D eigenvalue weighted by atomic mass is 79.9. The molecule has 0 amide bonds. The molecule has 1 fully saturated rings. The summed E-state index contributed by atoms with van der Waals surface area (Å²) in [4.78, 5) is 2.32. The molecule has 1 saturated heterocycles. The number of hydrogen-bond donors (Lipinski definition) is 1. The van der Waals surface area contributed by atoms with Crippen LogP contribution in [-0.2, 0) is 0 Å². The number of halogens is 1. The Kier molecular flexibility index (Phi) is 2.22. The molecule has 2 rings (SSSR count). The number of nitrogens with two attached hydrogens (primary N) is 1. The summed E-state index contributed by atoms with van der Waals surface area (Å²) in [5.41, 5.74) is 8.38. The Labute approximate surface area is 93.2 Å². The topological polar surface area (TPSA) is 29.3 Å². The van der Waals surface area contributed by atoms with Crippen molar-refractivity contribution < 1.29 is 0 Å². The van der Waals surface area contributed by atoms with Gasteiger partial charge in [0.1, 0.15) is 0 Å². The fourth-order valence-corrected chi connectivity index (χ4v) is 2.30. The lowest BCUT2D eigenvalue weighted by Crippen LogP contribution is -2.53. The van der Waals surface area contributed by atoms with E-state index in [9.17, 15) is 0 Å². The molecule has 0 spiro atoms. The van der Waals surface area contributed by atoms with Gasteiger partial charge in [0.25, 0.3) is 0 Å². The zero-order valence-electron chi connectivity index (χ0n) is 8.55. The molecule has 0 aromatic heterocycles. The monoisotopic (exact) mass is 254 g/mol. The normalized spacial score (nSPS) is 19.2. The first-order valence-corrected chi connectivity index (χ1v) is 5.57. The van der Waals surface area contributed by atoms with Crippen molar-refractivity contribution in [2.45, 2.75) is 13.8 Å². The highest BCUT2D eigenvalue weighted by Crippen LogP contribution is 2.37. The lowest BCUT2D eigenvalue weighted by molar-refractivity contribution is 0.277. The van der Waals surface area contributed by atoms with E-state index in [0.29, 0.717) is 5.41 Å². The molecule has 1 aliphatic rings. The Morgan fingerprint density at radius 1 is 1.36 bits per heavy atom. The Morgan fingerprint density at radius 3 is 2.57 bits per heavy atom. The molecule has 1 aliphatic heterocycles. The van der Waals surface area contributed by atoms with Crippen molar-refractivity contribution in [1.82, 2.24) is 0 Å². The van der Waals surface area contributed by atoms with E-state index >= 15 is 0 Å². The second-order valence-corrected chi connectivity index (χ2v) is 5.64. The van der Waals surface area contributed by atoms with E-state index in [4.69, 9.17) is 5.73 Å². The summed E-state index contributed by atoms with van der Waals surface area (Å²) in [6, 6.07) is 6.01. The first-order chi connectivity index (χ1) is 6.48. The van der Waals surface area contributed by atoms with Gasteiger partial charge in [-0.3, -0.25) is 0 Å². The molecule has 1 heterocycles. The fraction of sp³-hybridized carbons (Fsp3) is 0.455. The predicted octanol–water partition coefficient (Wildman–Crippen LogP) is 2.88. The van der Waals surface area contributed by atoms with Crippen LogP contribution in [0.5, 0.6) is 0 Å². The van der Waals surface area contributed by atoms with Crippen LogP contribution in [0.3, 0.4) is 0 Å². The zero-order chi connectivity index (χ0) is 10.3. The first kappa shape index (κ1) is 9.84. The molecule has 0 atom stereocenters. The smallest absolute Gasteiger partial charge is 0.0611 e. The van der Waals surface area contributed by atoms with Gasteiger partial charge in [0.05, 0.1) is 11.4 Å². The third kappa shape index (κ3) is 1.73. The molecule has 0 saturated carbocycles. The zero-order valence-corrected chi connectivity index (χ0v) is 10.1. The van der Waals surface area contributed by atoms with E-state index in [-0.39, 0.29) is 0 Å². The van der Waals surface area contributed by atoms with Gasteiger partial charge in [-0.15, -0.1) is 0 Å². The molecular weight excluding hydrogens is 240 g/mol. The molecule has 0 unspecified atom stereocenters. The minimum atomic E-state index is 0.439. The summed E-state index contributed by atoms with van der Waals surface area (Å²) in [6.45, 7) is 6.73. The van der Waals surface area contributed by atoms with Crippen LogP contribution in [0.25, 0.3) is 0 Å². The largest absolute Gasteiger partial charge is 0.397 e. The third-order valence-corrected chi connectivity index (χ3v) is 3.06. The summed E-state index contributed by atoms with van der Waals surface area (Å²) in [5.74, 6) is 0. The number of hydrogen-bond acceptors (Lipinski definition) is 2. The summed E-state index contributed by atoms with van der Waals surface area (Å²) in [6.07, 6.45) is 0. The highest BCUT2D eigenvalue weighted by Gasteiger charge is 2.34. The number of rotatable bonds is 1. The number of benzene rings is 1. The lowest BCUT2D eigenvalue weighted by atomic mass is 9.84. The molecular formula is C11H15BrN2. The third-order valence-electron chi connectivity index (χ3n) is 2.57.